The molecule has 0 aliphatic carbocycles. The molecule has 0 unspecified atom stereocenters. The van der Waals surface area contributed by atoms with Crippen molar-refractivity contribution in [2.45, 2.75) is 26.2 Å². The molecule has 0 atom stereocenters. The zero-order valence-corrected chi connectivity index (χ0v) is 19.1. The second kappa shape index (κ2) is 6.30. The zero-order valence-electron chi connectivity index (χ0n) is 15.9. The molecular weight excluding hydrogens is 452 g/mol. The Labute approximate surface area is 177 Å². The molecule has 2 heterocycles. The Morgan fingerprint density at radius 2 is 1.15 bits per heavy atom. The van der Waals surface area contributed by atoms with Crippen molar-refractivity contribution < 1.29 is 42.9 Å². The summed E-state index contributed by atoms with van der Waals surface area (Å²) in [6.07, 6.45) is 0. The second-order valence-electron chi connectivity index (χ2n) is 9.21. The summed E-state index contributed by atoms with van der Waals surface area (Å²) in [5.41, 5.74) is 6.20. The number of fused-ring (bicyclic) bond motifs is 6. The third-order valence-corrected chi connectivity index (χ3v) is 5.91. The van der Waals surface area contributed by atoms with Gasteiger partial charge in [-0.25, -0.2) is 0 Å². The molecule has 2 aliphatic heterocycles. The molecule has 0 amide bonds. The van der Waals surface area contributed by atoms with E-state index in [1.54, 1.807) is 11.1 Å². The van der Waals surface area contributed by atoms with Crippen LogP contribution in [0, 0.1) is 0 Å². The molecule has 0 saturated heterocycles. The van der Waals surface area contributed by atoms with Gasteiger partial charge in [-0.15, -0.1) is 0 Å². The van der Waals surface area contributed by atoms with Crippen LogP contribution in [0.1, 0.15) is 22.3 Å². The van der Waals surface area contributed by atoms with Crippen LogP contribution in [-0.4, -0.2) is 37.2 Å². The van der Waals surface area contributed by atoms with E-state index in [1.165, 1.54) is 32.7 Å². The number of halogens is 2. The fourth-order valence-electron chi connectivity index (χ4n) is 4.95. The highest BCUT2D eigenvalue weighted by atomic mass is 79.9. The molecule has 0 aromatic heterocycles. The maximum atomic E-state index is 2.50. The second-order valence-corrected chi connectivity index (χ2v) is 9.21. The molecule has 0 saturated carbocycles. The van der Waals surface area contributed by atoms with E-state index in [0.717, 1.165) is 35.1 Å². The molecular formula is C22H26Br2N2. The van der Waals surface area contributed by atoms with E-state index >= 15 is 0 Å². The predicted molar refractivity (Wildman–Crippen MR) is 100 cm³/mol. The van der Waals surface area contributed by atoms with Gasteiger partial charge < -0.3 is 42.9 Å². The van der Waals surface area contributed by atoms with Crippen molar-refractivity contribution in [2.75, 3.05) is 28.2 Å². The summed E-state index contributed by atoms with van der Waals surface area (Å²) < 4.78 is 2.14. The van der Waals surface area contributed by atoms with Gasteiger partial charge in [0.1, 0.15) is 26.2 Å². The van der Waals surface area contributed by atoms with Gasteiger partial charge in [0, 0.05) is 22.3 Å². The zero-order chi connectivity index (χ0) is 16.7. The first kappa shape index (κ1) is 19.8. The minimum absolute atomic E-state index is 0. The van der Waals surface area contributed by atoms with Crippen molar-refractivity contribution in [1.82, 2.24) is 0 Å². The average molecular weight is 478 g/mol. The van der Waals surface area contributed by atoms with Crippen LogP contribution >= 0.6 is 0 Å². The summed E-state index contributed by atoms with van der Waals surface area (Å²) in [5.74, 6) is 0. The van der Waals surface area contributed by atoms with Crippen LogP contribution in [0.3, 0.4) is 0 Å². The molecule has 4 heteroatoms. The molecule has 0 N–H and O–H groups in total. The summed E-state index contributed by atoms with van der Waals surface area (Å²) in [5, 5.41) is 5.78. The molecule has 2 nitrogen and oxygen atoms in total. The summed E-state index contributed by atoms with van der Waals surface area (Å²) in [6.45, 7) is 4.60. The lowest BCUT2D eigenvalue weighted by Gasteiger charge is -2.22. The third-order valence-electron chi connectivity index (χ3n) is 5.91. The molecule has 0 radical (unpaired) electrons. The molecule has 0 fully saturated rings. The highest BCUT2D eigenvalue weighted by Gasteiger charge is 2.31. The predicted octanol–water partition coefficient (Wildman–Crippen LogP) is -1.82. The van der Waals surface area contributed by atoms with Crippen molar-refractivity contribution in [3.05, 3.63) is 58.7 Å². The Morgan fingerprint density at radius 3 is 1.88 bits per heavy atom. The number of hydrogen-bond acceptors (Lipinski definition) is 0. The van der Waals surface area contributed by atoms with E-state index in [2.05, 4.69) is 64.6 Å². The van der Waals surface area contributed by atoms with Gasteiger partial charge in [0.2, 0.25) is 0 Å². The third kappa shape index (κ3) is 3.01. The Hall–Kier alpha value is -0.940. The molecule has 0 spiro atoms. The smallest absolute Gasteiger partial charge is 0.105 e. The normalized spacial score (nSPS) is 18.9. The van der Waals surface area contributed by atoms with Gasteiger partial charge in [-0.05, 0) is 33.7 Å². The maximum absolute atomic E-state index is 2.50. The van der Waals surface area contributed by atoms with Gasteiger partial charge in [-0.3, -0.25) is 0 Å². The largest absolute Gasteiger partial charge is 1.00 e. The van der Waals surface area contributed by atoms with Crippen LogP contribution in [0.2, 0.25) is 0 Å². The van der Waals surface area contributed by atoms with Crippen molar-refractivity contribution in [3.63, 3.8) is 0 Å². The van der Waals surface area contributed by atoms with E-state index in [0.29, 0.717) is 0 Å². The van der Waals surface area contributed by atoms with Gasteiger partial charge in [0.05, 0.1) is 28.2 Å². The maximum Gasteiger partial charge on any atom is 0.105 e. The van der Waals surface area contributed by atoms with Crippen molar-refractivity contribution in [2.24, 2.45) is 0 Å². The fourth-order valence-corrected chi connectivity index (χ4v) is 4.95. The van der Waals surface area contributed by atoms with Crippen molar-refractivity contribution in [1.29, 1.82) is 0 Å². The molecule has 138 valence electrons. The first-order valence-corrected chi connectivity index (χ1v) is 8.94. The van der Waals surface area contributed by atoms with Crippen LogP contribution in [0.5, 0.6) is 0 Å². The topological polar surface area (TPSA) is 0 Å². The number of benzene rings is 3. The van der Waals surface area contributed by atoms with Gasteiger partial charge in [-0.1, -0.05) is 24.3 Å². The van der Waals surface area contributed by atoms with Crippen LogP contribution in [0.15, 0.2) is 36.4 Å². The summed E-state index contributed by atoms with van der Waals surface area (Å²) >= 11 is 0. The number of rotatable bonds is 0. The summed E-state index contributed by atoms with van der Waals surface area (Å²) in [7, 11) is 9.35. The standard InChI is InChI=1S/C22H26N2.2BrH/c1-23(2)12-18-9-16-7-5-15-6-8-17-11-24(3,4)14-21(17)22(15)20(16)10-19(18)13-23;;/h5-10H,11-14H2,1-4H3;2*1H/q+2;;/p-2. The summed E-state index contributed by atoms with van der Waals surface area (Å²) in [6, 6.07) is 14.3. The van der Waals surface area contributed by atoms with Gasteiger partial charge in [-0.2, -0.15) is 0 Å². The molecule has 2 aliphatic rings. The molecule has 5 rings (SSSR count). The summed E-state index contributed by atoms with van der Waals surface area (Å²) in [4.78, 5) is 0. The molecule has 3 aromatic rings. The van der Waals surface area contributed by atoms with Gasteiger partial charge >= 0.3 is 0 Å². The Bertz CT molecular complexity index is 1020. The quantitative estimate of drug-likeness (QED) is 0.264. The van der Waals surface area contributed by atoms with Crippen LogP contribution in [0.25, 0.3) is 21.5 Å². The first-order chi connectivity index (χ1) is 11.3. The lowest BCUT2D eigenvalue weighted by Crippen LogP contribution is -3.00. The lowest BCUT2D eigenvalue weighted by molar-refractivity contribution is -0.910. The Balaban J connectivity index is 0.000000980. The van der Waals surface area contributed by atoms with E-state index in [1.807, 2.05) is 0 Å². The molecule has 3 aromatic carbocycles. The minimum Gasteiger partial charge on any atom is -1.00 e. The highest BCUT2D eigenvalue weighted by Crippen LogP contribution is 2.39. The van der Waals surface area contributed by atoms with E-state index in [-0.39, 0.29) is 34.0 Å². The fraction of sp³-hybridized carbons (Fsp3) is 0.364. The van der Waals surface area contributed by atoms with E-state index in [4.69, 9.17) is 0 Å². The SMILES string of the molecule is C[N+]1(C)Cc2cc3ccc4ccc5c(c4c3cc2C1)C[N+](C)(C)C5.[Br-].[Br-]. The van der Waals surface area contributed by atoms with E-state index < -0.39 is 0 Å². The number of hydrogen-bond donors (Lipinski definition) is 0. The van der Waals surface area contributed by atoms with Gasteiger partial charge in [0.15, 0.2) is 0 Å². The molecule has 0 bridgehead atoms. The van der Waals surface area contributed by atoms with Crippen LogP contribution in [-0.2, 0) is 26.2 Å². The monoisotopic (exact) mass is 476 g/mol. The lowest BCUT2D eigenvalue weighted by atomic mass is 9.93. The number of quaternary nitrogens is 2. The Kier molecular flexibility index (Phi) is 4.80. The van der Waals surface area contributed by atoms with Crippen molar-refractivity contribution in [3.8, 4) is 0 Å². The Morgan fingerprint density at radius 1 is 0.615 bits per heavy atom. The van der Waals surface area contributed by atoms with Gasteiger partial charge in [0.25, 0.3) is 0 Å². The minimum atomic E-state index is 0. The van der Waals surface area contributed by atoms with E-state index in [9.17, 15) is 0 Å². The molecule has 26 heavy (non-hydrogen) atoms. The van der Waals surface area contributed by atoms with Crippen molar-refractivity contribution >= 4 is 21.5 Å². The van der Waals surface area contributed by atoms with Crippen LogP contribution in [0.4, 0.5) is 0 Å². The first-order valence-electron chi connectivity index (χ1n) is 8.94. The number of nitrogens with zero attached hydrogens (tertiary/aromatic N) is 2. The average Bonchev–Trinajstić information content (AvgIpc) is 2.96. The highest BCUT2D eigenvalue weighted by molar-refractivity contribution is 6.10. The van der Waals surface area contributed by atoms with Crippen LogP contribution < -0.4 is 34.0 Å².